The quantitative estimate of drug-likeness (QED) is 0.145. The van der Waals surface area contributed by atoms with Crippen LogP contribution in [-0.4, -0.2) is 15.8 Å². The van der Waals surface area contributed by atoms with Crippen molar-refractivity contribution in [3.63, 3.8) is 0 Å². The third-order valence-corrected chi connectivity index (χ3v) is 7.90. The summed E-state index contributed by atoms with van der Waals surface area (Å²) >= 11 is 9.59. The molecule has 0 amide bonds. The molecule has 0 aliphatic carbocycles. The molecule has 3 aromatic carbocycles. The highest BCUT2D eigenvalue weighted by Crippen LogP contribution is 2.38. The van der Waals surface area contributed by atoms with Crippen molar-refractivity contribution in [2.45, 2.75) is 19.8 Å². The van der Waals surface area contributed by atoms with Crippen LogP contribution in [0.3, 0.4) is 0 Å². The van der Waals surface area contributed by atoms with Gasteiger partial charge in [-0.15, -0.1) is 22.7 Å². The Morgan fingerprint density at radius 3 is 2.54 bits per heavy atom. The van der Waals surface area contributed by atoms with Gasteiger partial charge in [-0.1, -0.05) is 61.0 Å². The summed E-state index contributed by atoms with van der Waals surface area (Å²) in [5.41, 5.74) is 8.53. The number of benzene rings is 3. The molecule has 3 nitrogen and oxygen atoms in total. The van der Waals surface area contributed by atoms with Crippen molar-refractivity contribution in [1.29, 1.82) is 0 Å². The molecule has 0 atom stereocenters. The highest BCUT2D eigenvalue weighted by Gasteiger charge is 2.16. The van der Waals surface area contributed by atoms with Crippen LogP contribution >= 0.6 is 34.3 Å². The number of aromatic nitrogens is 2. The summed E-state index contributed by atoms with van der Waals surface area (Å²) < 4.78 is 15.0. The van der Waals surface area contributed by atoms with Gasteiger partial charge in [0.2, 0.25) is 0 Å². The number of halogens is 2. The van der Waals surface area contributed by atoms with Gasteiger partial charge in [0, 0.05) is 11.6 Å². The largest absolute Gasteiger partial charge is 0.294 e. The number of fused-ring (bicyclic) bond motifs is 1. The number of ketones is 1. The van der Waals surface area contributed by atoms with Gasteiger partial charge in [0.15, 0.2) is 5.78 Å². The molecule has 0 fully saturated rings. The molecule has 0 radical (unpaired) electrons. The normalized spacial score (nSPS) is 12.3. The third kappa shape index (κ3) is 5.77. The SMILES string of the molecule is CC/C(=C(/c1ccc(/C=C/C(=O)Cc2nccs2)cc1)c1ccc2scnc2c1)c1ccc(F)cc1Cl. The second kappa shape index (κ2) is 11.3. The van der Waals surface area contributed by atoms with Crippen LogP contribution in [0, 0.1) is 5.82 Å². The van der Waals surface area contributed by atoms with Crippen LogP contribution in [0.15, 0.2) is 83.8 Å². The number of rotatable bonds is 8. The molecule has 0 saturated heterocycles. The first-order valence-corrected chi connectivity index (χ1v) is 13.9. The van der Waals surface area contributed by atoms with Gasteiger partial charge in [-0.2, -0.15) is 0 Å². The zero-order chi connectivity index (χ0) is 25.8. The Bertz CT molecular complexity index is 1620. The summed E-state index contributed by atoms with van der Waals surface area (Å²) in [7, 11) is 0. The highest BCUT2D eigenvalue weighted by atomic mass is 35.5. The lowest BCUT2D eigenvalue weighted by Gasteiger charge is -2.17. The van der Waals surface area contributed by atoms with Gasteiger partial charge in [-0.3, -0.25) is 4.79 Å². The van der Waals surface area contributed by atoms with Crippen molar-refractivity contribution in [2.24, 2.45) is 0 Å². The molecule has 37 heavy (non-hydrogen) atoms. The highest BCUT2D eigenvalue weighted by molar-refractivity contribution is 7.16. The predicted octanol–water partition coefficient (Wildman–Crippen LogP) is 8.74. The molecule has 184 valence electrons. The first-order chi connectivity index (χ1) is 18.0. The van der Waals surface area contributed by atoms with Gasteiger partial charge in [-0.25, -0.2) is 14.4 Å². The molecule has 0 aliphatic heterocycles. The number of thiazole rings is 2. The van der Waals surface area contributed by atoms with E-state index in [2.05, 4.69) is 35.1 Å². The number of hydrogen-bond acceptors (Lipinski definition) is 5. The monoisotopic (exact) mass is 544 g/mol. The van der Waals surface area contributed by atoms with E-state index in [4.69, 9.17) is 11.6 Å². The third-order valence-electron chi connectivity index (χ3n) is 6.00. The molecule has 0 saturated carbocycles. The lowest BCUT2D eigenvalue weighted by atomic mass is 9.87. The number of hydrogen-bond donors (Lipinski definition) is 0. The summed E-state index contributed by atoms with van der Waals surface area (Å²) in [5, 5.41) is 3.05. The summed E-state index contributed by atoms with van der Waals surface area (Å²) in [6.45, 7) is 2.07. The lowest BCUT2D eigenvalue weighted by Crippen LogP contribution is -1.98. The van der Waals surface area contributed by atoms with Crippen LogP contribution in [0.2, 0.25) is 5.02 Å². The van der Waals surface area contributed by atoms with Gasteiger partial charge in [0.1, 0.15) is 10.8 Å². The van der Waals surface area contributed by atoms with Crippen LogP contribution in [0.1, 0.15) is 40.6 Å². The molecule has 0 aliphatic rings. The number of carbonyl (C=O) groups is 1. The van der Waals surface area contributed by atoms with E-state index in [0.29, 0.717) is 17.9 Å². The van der Waals surface area contributed by atoms with E-state index < -0.39 is 0 Å². The maximum atomic E-state index is 13.8. The first kappa shape index (κ1) is 25.2. The molecule has 0 bridgehead atoms. The smallest absolute Gasteiger partial charge is 0.162 e. The van der Waals surface area contributed by atoms with Crippen molar-refractivity contribution in [3.8, 4) is 0 Å². The van der Waals surface area contributed by atoms with Crippen LogP contribution in [-0.2, 0) is 11.2 Å². The van der Waals surface area contributed by atoms with Gasteiger partial charge < -0.3 is 0 Å². The molecule has 7 heteroatoms. The minimum atomic E-state index is -0.366. The Morgan fingerprint density at radius 2 is 1.81 bits per heavy atom. The fourth-order valence-corrected chi connectivity index (χ4v) is 5.83. The van der Waals surface area contributed by atoms with Crippen LogP contribution in [0.25, 0.3) is 27.4 Å². The molecule has 2 heterocycles. The maximum absolute atomic E-state index is 13.8. The van der Waals surface area contributed by atoms with Gasteiger partial charge in [0.25, 0.3) is 0 Å². The Morgan fingerprint density at radius 1 is 1.00 bits per heavy atom. The summed E-state index contributed by atoms with van der Waals surface area (Å²) in [6, 6.07) is 18.8. The second-order valence-corrected chi connectivity index (χ2v) is 10.7. The van der Waals surface area contributed by atoms with Crippen molar-refractivity contribution < 1.29 is 9.18 Å². The fraction of sp³-hybridized carbons (Fsp3) is 0.100. The standard InChI is InChI=1S/C30H22ClFN2OS2/c1-2-24(25-11-9-22(32)16-26(25)31)30(21-8-12-28-27(15-21)34-18-37-28)20-6-3-19(4-7-20)5-10-23(35)17-29-33-13-14-36-29/h3-16,18H,2,17H2,1H3/b10-5+,30-24+. The van der Waals surface area contributed by atoms with E-state index in [9.17, 15) is 9.18 Å². The number of nitrogens with zero attached hydrogens (tertiary/aromatic N) is 2. The van der Waals surface area contributed by atoms with Gasteiger partial charge in [0.05, 0.1) is 27.2 Å². The van der Waals surface area contributed by atoms with Crippen LogP contribution in [0.5, 0.6) is 0 Å². The maximum Gasteiger partial charge on any atom is 0.162 e. The van der Waals surface area contributed by atoms with E-state index in [1.807, 2.05) is 41.2 Å². The Kier molecular flexibility index (Phi) is 7.70. The average molecular weight is 545 g/mol. The molecular weight excluding hydrogens is 523 g/mol. The number of allylic oxidation sites excluding steroid dienone is 2. The van der Waals surface area contributed by atoms with E-state index in [1.54, 1.807) is 29.7 Å². The van der Waals surface area contributed by atoms with Crippen molar-refractivity contribution >= 4 is 67.5 Å². The van der Waals surface area contributed by atoms with E-state index in [0.717, 1.165) is 48.6 Å². The summed E-state index contributed by atoms with van der Waals surface area (Å²) in [4.78, 5) is 21.0. The van der Waals surface area contributed by atoms with E-state index >= 15 is 0 Å². The lowest BCUT2D eigenvalue weighted by molar-refractivity contribution is -0.113. The predicted molar refractivity (Wildman–Crippen MR) is 154 cm³/mol. The molecule has 0 N–H and O–H groups in total. The molecule has 0 spiro atoms. The fourth-order valence-electron chi connectivity index (χ4n) is 4.26. The second-order valence-electron chi connectivity index (χ2n) is 8.39. The van der Waals surface area contributed by atoms with E-state index in [1.165, 1.54) is 23.5 Å². The van der Waals surface area contributed by atoms with Gasteiger partial charge >= 0.3 is 0 Å². The van der Waals surface area contributed by atoms with Crippen molar-refractivity contribution in [2.75, 3.05) is 0 Å². The van der Waals surface area contributed by atoms with Gasteiger partial charge in [-0.05, 0) is 70.2 Å². The summed E-state index contributed by atoms with van der Waals surface area (Å²) in [5.74, 6) is -0.356. The van der Waals surface area contributed by atoms with E-state index in [-0.39, 0.29) is 11.6 Å². The molecule has 5 aromatic rings. The van der Waals surface area contributed by atoms with Crippen LogP contribution in [0.4, 0.5) is 4.39 Å². The Hall–Kier alpha value is -3.45. The first-order valence-electron chi connectivity index (χ1n) is 11.7. The molecule has 0 unspecified atom stereocenters. The Balaban J connectivity index is 1.55. The topological polar surface area (TPSA) is 42.9 Å². The minimum Gasteiger partial charge on any atom is -0.294 e. The molecule has 2 aromatic heterocycles. The van der Waals surface area contributed by atoms with Crippen molar-refractivity contribution in [1.82, 2.24) is 9.97 Å². The summed E-state index contributed by atoms with van der Waals surface area (Å²) in [6.07, 6.45) is 6.12. The molecule has 5 rings (SSSR count). The Labute approximate surface area is 227 Å². The zero-order valence-corrected chi connectivity index (χ0v) is 22.3. The van der Waals surface area contributed by atoms with Crippen LogP contribution < -0.4 is 0 Å². The minimum absolute atomic E-state index is 0.00963. The average Bonchev–Trinajstić information content (AvgIpc) is 3.59. The zero-order valence-electron chi connectivity index (χ0n) is 19.9. The van der Waals surface area contributed by atoms with Crippen molar-refractivity contribution in [3.05, 3.63) is 122 Å². The number of carbonyl (C=O) groups excluding carboxylic acids is 1. The molecular formula is C30H22ClFN2OS2.